The number of unbranched alkanes of at least 4 members (excludes halogenated alkanes) is 3. The highest BCUT2D eigenvalue weighted by Crippen LogP contribution is 2.41. The van der Waals surface area contributed by atoms with Crippen LogP contribution < -0.4 is 21.1 Å². The van der Waals surface area contributed by atoms with Crippen LogP contribution in [0.2, 0.25) is 0 Å². The molecule has 0 saturated carbocycles. The second-order valence-corrected chi connectivity index (χ2v) is 15.0. The van der Waals surface area contributed by atoms with Crippen molar-refractivity contribution in [2.45, 2.75) is 81.5 Å². The van der Waals surface area contributed by atoms with Crippen molar-refractivity contribution in [1.82, 2.24) is 5.32 Å². The molecule has 3 atom stereocenters. The highest BCUT2D eigenvalue weighted by molar-refractivity contribution is 7.99. The molecule has 9 nitrogen and oxygen atoms in total. The molecule has 3 unspecified atom stereocenters. The molecule has 56 heavy (non-hydrogen) atoms. The summed E-state index contributed by atoms with van der Waals surface area (Å²) in [6.07, 6.45) is 3.99. The van der Waals surface area contributed by atoms with E-state index in [1.54, 1.807) is 31.0 Å². The summed E-state index contributed by atoms with van der Waals surface area (Å²) in [5.41, 5.74) is 13.0. The van der Waals surface area contributed by atoms with E-state index >= 15 is 0 Å². The first-order valence-corrected chi connectivity index (χ1v) is 20.2. The van der Waals surface area contributed by atoms with E-state index in [4.69, 9.17) is 19.9 Å². The van der Waals surface area contributed by atoms with E-state index in [-0.39, 0.29) is 30.6 Å². The molecule has 6 rings (SSSR count). The van der Waals surface area contributed by atoms with Crippen molar-refractivity contribution in [1.29, 1.82) is 0 Å². The fourth-order valence-electron chi connectivity index (χ4n) is 6.71. The quantitative estimate of drug-likeness (QED) is 0.0394. The Kier molecular flexibility index (Phi) is 15.0. The Hall–Kier alpha value is -5.13. The molecule has 1 heterocycles. The van der Waals surface area contributed by atoms with Crippen LogP contribution in [-0.2, 0) is 32.2 Å². The lowest BCUT2D eigenvalue weighted by molar-refractivity contribution is -0.245. The van der Waals surface area contributed by atoms with Gasteiger partial charge in [-0.15, -0.1) is 11.8 Å². The number of rotatable bonds is 18. The molecule has 1 saturated heterocycles. The number of thioether (sulfide) groups is 1. The second kappa shape index (κ2) is 20.7. The molecule has 0 spiro atoms. The summed E-state index contributed by atoms with van der Waals surface area (Å²) in [6, 6.07) is 39.6. The molecule has 5 aromatic rings. The molecule has 0 aliphatic carbocycles. The van der Waals surface area contributed by atoms with E-state index in [0.717, 1.165) is 75.5 Å². The van der Waals surface area contributed by atoms with Gasteiger partial charge in [-0.2, -0.15) is 0 Å². The first-order valence-electron chi connectivity index (χ1n) is 19.2. The van der Waals surface area contributed by atoms with Crippen molar-refractivity contribution in [3.8, 4) is 16.9 Å². The number of benzene rings is 5. The third-order valence-corrected chi connectivity index (χ3v) is 11.0. The van der Waals surface area contributed by atoms with Gasteiger partial charge in [0.1, 0.15) is 5.75 Å². The lowest BCUT2D eigenvalue weighted by Crippen LogP contribution is -2.31. The van der Waals surface area contributed by atoms with Crippen molar-refractivity contribution < 1.29 is 28.9 Å². The molecule has 1 fully saturated rings. The minimum Gasteiger partial charge on any atom is -0.496 e. The van der Waals surface area contributed by atoms with Crippen LogP contribution in [0.15, 0.2) is 126 Å². The number of methoxy groups -OCH3 is 1. The predicted molar refractivity (Wildman–Crippen MR) is 223 cm³/mol. The normalized spacial score (nSPS) is 16.6. The van der Waals surface area contributed by atoms with Crippen LogP contribution in [-0.4, -0.2) is 35.9 Å². The molecule has 5 aromatic carbocycles. The molecule has 10 heteroatoms. The molecule has 1 aliphatic heterocycles. The summed E-state index contributed by atoms with van der Waals surface area (Å²) >= 11 is 1.71. The topological polar surface area (TPSA) is 132 Å². The van der Waals surface area contributed by atoms with Crippen molar-refractivity contribution in [2.24, 2.45) is 0 Å². The smallest absolute Gasteiger partial charge is 0.224 e. The average Bonchev–Trinajstić information content (AvgIpc) is 3.24. The monoisotopic (exact) mass is 773 g/mol. The number of aliphatic hydroxyl groups excluding tert-OH is 1. The van der Waals surface area contributed by atoms with Gasteiger partial charge in [0.2, 0.25) is 11.8 Å². The van der Waals surface area contributed by atoms with Gasteiger partial charge in [-0.05, 0) is 77.1 Å². The first-order chi connectivity index (χ1) is 27.4. The van der Waals surface area contributed by atoms with Gasteiger partial charge in [-0.1, -0.05) is 97.8 Å². The number of nitrogen functional groups attached to an aromatic ring is 1. The van der Waals surface area contributed by atoms with Crippen LogP contribution in [0.4, 0.5) is 11.4 Å². The zero-order chi connectivity index (χ0) is 39.1. The standard InChI is InChI=1S/C46H51N3O6S/c1-53-41-18-8-9-19-43(41)56-31-38-28-42(34-24-22-32(30-50)23-25-34)55-46(54-38)37-15-11-14-36(27-37)35-13-10-12-33(26-35)29-48-44(51)20-4-2-3-5-21-45(52)49-40-17-7-6-16-39(40)47/h6-19,22-27,38,42,46,50H,2-5,20-21,28-31,47H2,1H3,(H,48,51)(H,49,52). The highest BCUT2D eigenvalue weighted by Gasteiger charge is 2.32. The van der Waals surface area contributed by atoms with Crippen LogP contribution in [0.25, 0.3) is 11.1 Å². The van der Waals surface area contributed by atoms with Crippen LogP contribution in [0, 0.1) is 0 Å². The molecule has 5 N–H and O–H groups in total. The van der Waals surface area contributed by atoms with Crippen LogP contribution in [0.3, 0.4) is 0 Å². The molecule has 0 radical (unpaired) electrons. The minimum atomic E-state index is -0.581. The first kappa shape index (κ1) is 40.5. The Morgan fingerprint density at radius 2 is 1.48 bits per heavy atom. The van der Waals surface area contributed by atoms with E-state index in [0.29, 0.717) is 37.2 Å². The van der Waals surface area contributed by atoms with Crippen LogP contribution in [0.1, 0.15) is 79.6 Å². The van der Waals surface area contributed by atoms with Crippen LogP contribution >= 0.6 is 11.8 Å². The van der Waals surface area contributed by atoms with Gasteiger partial charge in [0.25, 0.3) is 0 Å². The molecular formula is C46H51N3O6S. The Labute approximate surface area is 334 Å². The number of nitrogens with two attached hydrogens (primary N) is 1. The van der Waals surface area contributed by atoms with Crippen molar-refractivity contribution in [2.75, 3.05) is 23.9 Å². The molecule has 0 aromatic heterocycles. The predicted octanol–water partition coefficient (Wildman–Crippen LogP) is 9.37. The Balaban J connectivity index is 1.02. The Morgan fingerprint density at radius 1 is 0.768 bits per heavy atom. The summed E-state index contributed by atoms with van der Waals surface area (Å²) in [7, 11) is 1.69. The number of hydrogen-bond acceptors (Lipinski definition) is 8. The van der Waals surface area contributed by atoms with Crippen molar-refractivity contribution in [3.63, 3.8) is 0 Å². The van der Waals surface area contributed by atoms with Gasteiger partial charge < -0.3 is 35.7 Å². The van der Waals surface area contributed by atoms with E-state index in [2.05, 4.69) is 41.0 Å². The van der Waals surface area contributed by atoms with Gasteiger partial charge in [0, 0.05) is 42.0 Å². The van der Waals surface area contributed by atoms with Gasteiger partial charge in [-0.25, -0.2) is 0 Å². The maximum Gasteiger partial charge on any atom is 0.224 e. The van der Waals surface area contributed by atoms with E-state index in [1.165, 1.54) is 0 Å². The fourth-order valence-corrected chi connectivity index (χ4v) is 7.75. The summed E-state index contributed by atoms with van der Waals surface area (Å²) in [5.74, 6) is 1.53. The number of para-hydroxylation sites is 3. The number of anilines is 2. The number of nitrogens with one attached hydrogen (secondary N) is 2. The summed E-state index contributed by atoms with van der Waals surface area (Å²) in [6.45, 7) is 0.430. The van der Waals surface area contributed by atoms with Gasteiger partial charge in [0.15, 0.2) is 6.29 Å². The lowest BCUT2D eigenvalue weighted by Gasteiger charge is -2.36. The molecule has 0 bridgehead atoms. The highest BCUT2D eigenvalue weighted by atomic mass is 32.2. The average molecular weight is 774 g/mol. The van der Waals surface area contributed by atoms with Crippen LogP contribution in [0.5, 0.6) is 5.75 Å². The maximum absolute atomic E-state index is 12.7. The Morgan fingerprint density at radius 3 is 2.25 bits per heavy atom. The van der Waals surface area contributed by atoms with E-state index in [1.807, 2.05) is 78.9 Å². The number of amides is 2. The second-order valence-electron chi connectivity index (χ2n) is 14.0. The summed E-state index contributed by atoms with van der Waals surface area (Å²) < 4.78 is 18.9. The maximum atomic E-state index is 12.7. The number of carbonyl (C=O) groups is 2. The SMILES string of the molecule is COc1ccccc1SCC1CC(c2ccc(CO)cc2)OC(c2cccc(-c3cccc(CNC(=O)CCCCCCC(=O)Nc4ccccc4N)c3)c2)O1. The zero-order valence-corrected chi connectivity index (χ0v) is 32.6. The zero-order valence-electron chi connectivity index (χ0n) is 31.8. The van der Waals surface area contributed by atoms with E-state index in [9.17, 15) is 14.7 Å². The summed E-state index contributed by atoms with van der Waals surface area (Å²) in [4.78, 5) is 26.0. The number of hydrogen-bond donors (Lipinski definition) is 4. The molecule has 1 aliphatic rings. The number of aliphatic hydroxyl groups is 1. The van der Waals surface area contributed by atoms with Crippen molar-refractivity contribution >= 4 is 35.0 Å². The van der Waals surface area contributed by atoms with Crippen molar-refractivity contribution in [3.05, 3.63) is 144 Å². The number of ether oxygens (including phenoxy) is 3. The summed E-state index contributed by atoms with van der Waals surface area (Å²) in [5, 5.41) is 15.5. The number of carbonyl (C=O) groups excluding carboxylic acids is 2. The largest absolute Gasteiger partial charge is 0.496 e. The van der Waals surface area contributed by atoms with Gasteiger partial charge in [-0.3, -0.25) is 9.59 Å². The lowest BCUT2D eigenvalue weighted by atomic mass is 9.99. The fraction of sp³-hybridized carbons (Fsp3) is 0.304. The van der Waals surface area contributed by atoms with E-state index < -0.39 is 6.29 Å². The molecular weight excluding hydrogens is 723 g/mol. The van der Waals surface area contributed by atoms with Gasteiger partial charge in [0.05, 0.1) is 37.3 Å². The Bertz CT molecular complexity index is 2040. The van der Waals surface area contributed by atoms with Gasteiger partial charge >= 0.3 is 0 Å². The minimum absolute atomic E-state index is 0.00691. The third-order valence-electron chi connectivity index (χ3n) is 9.81. The third kappa shape index (κ3) is 11.7. The molecule has 2 amide bonds. The molecule has 292 valence electrons.